The van der Waals surface area contributed by atoms with Crippen molar-refractivity contribution in [2.75, 3.05) is 17.4 Å². The van der Waals surface area contributed by atoms with Gasteiger partial charge in [0, 0.05) is 12.1 Å². The average molecular weight is 550 g/mol. The monoisotopic (exact) mass is 549 g/mol. The van der Waals surface area contributed by atoms with E-state index < -0.39 is 34.1 Å². The molecule has 8 heteroatoms. The third-order valence-electron chi connectivity index (χ3n) is 6.60. The van der Waals surface area contributed by atoms with Crippen molar-refractivity contribution in [3.8, 4) is 0 Å². The van der Waals surface area contributed by atoms with Crippen LogP contribution in [0.3, 0.4) is 0 Å². The normalized spacial score (nSPS) is 12.5. The molecule has 2 amide bonds. The summed E-state index contributed by atoms with van der Waals surface area (Å²) >= 11 is 0. The molecule has 0 unspecified atom stereocenters. The number of nitrogens with one attached hydrogen (secondary N) is 1. The number of hydrogen-bond acceptors (Lipinski definition) is 4. The maximum absolute atomic E-state index is 14.0. The van der Waals surface area contributed by atoms with Gasteiger partial charge in [-0.25, -0.2) is 8.42 Å². The van der Waals surface area contributed by atoms with Crippen LogP contribution in [0.2, 0.25) is 0 Å². The molecule has 3 rings (SSSR count). The molecule has 0 spiro atoms. The van der Waals surface area contributed by atoms with E-state index in [0.717, 1.165) is 21.0 Å². The van der Waals surface area contributed by atoms with Crippen LogP contribution in [0.4, 0.5) is 5.69 Å². The highest BCUT2D eigenvalue weighted by Crippen LogP contribution is 2.29. The Morgan fingerprint density at radius 1 is 0.872 bits per heavy atom. The Morgan fingerprint density at radius 3 is 2.05 bits per heavy atom. The van der Waals surface area contributed by atoms with E-state index in [-0.39, 0.29) is 17.3 Å². The summed E-state index contributed by atoms with van der Waals surface area (Å²) < 4.78 is 29.0. The van der Waals surface area contributed by atoms with Crippen molar-refractivity contribution < 1.29 is 18.0 Å². The molecule has 0 heterocycles. The van der Waals surface area contributed by atoms with Crippen molar-refractivity contribution in [2.24, 2.45) is 0 Å². The zero-order valence-corrected chi connectivity index (χ0v) is 24.5. The predicted molar refractivity (Wildman–Crippen MR) is 156 cm³/mol. The SMILES string of the molecule is Cc1cccc(N(CC(=O)N(CCc2ccccc2)[C@H](C)C(=O)NC(C)(C)C)S(=O)(=O)c2ccccc2)c1C. The largest absolute Gasteiger partial charge is 0.350 e. The third kappa shape index (κ3) is 7.69. The van der Waals surface area contributed by atoms with Gasteiger partial charge in [-0.3, -0.25) is 13.9 Å². The molecule has 0 radical (unpaired) electrons. The highest BCUT2D eigenvalue weighted by Gasteiger charge is 2.33. The van der Waals surface area contributed by atoms with E-state index in [4.69, 9.17) is 0 Å². The quantitative estimate of drug-likeness (QED) is 0.391. The first-order valence-electron chi connectivity index (χ1n) is 13.1. The molecule has 3 aromatic rings. The van der Waals surface area contributed by atoms with Crippen LogP contribution in [0.1, 0.15) is 44.4 Å². The minimum absolute atomic E-state index is 0.0908. The standard InChI is InChI=1S/C31H39N3O4S/c1-23-14-13-19-28(24(23)2)34(39(37,38)27-17-11-8-12-18-27)22-29(35)33(21-20-26-15-9-7-10-16-26)25(3)30(36)32-31(4,5)6/h7-19,25H,20-22H2,1-6H3,(H,32,36)/t25-/m1/s1. The van der Waals surface area contributed by atoms with E-state index in [9.17, 15) is 18.0 Å². The van der Waals surface area contributed by atoms with Crippen molar-refractivity contribution in [1.82, 2.24) is 10.2 Å². The van der Waals surface area contributed by atoms with Crippen LogP contribution >= 0.6 is 0 Å². The number of hydrogen-bond donors (Lipinski definition) is 1. The molecule has 0 saturated heterocycles. The number of benzene rings is 3. The van der Waals surface area contributed by atoms with Gasteiger partial charge in [0.1, 0.15) is 12.6 Å². The van der Waals surface area contributed by atoms with Gasteiger partial charge in [0.2, 0.25) is 11.8 Å². The number of anilines is 1. The van der Waals surface area contributed by atoms with Crippen molar-refractivity contribution in [1.29, 1.82) is 0 Å². The minimum Gasteiger partial charge on any atom is -0.350 e. The summed E-state index contributed by atoms with van der Waals surface area (Å²) in [6.07, 6.45) is 0.522. The van der Waals surface area contributed by atoms with Crippen LogP contribution in [-0.4, -0.2) is 49.8 Å². The molecule has 0 saturated carbocycles. The van der Waals surface area contributed by atoms with Crippen LogP contribution in [-0.2, 0) is 26.0 Å². The molecule has 208 valence electrons. The summed E-state index contributed by atoms with van der Waals surface area (Å²) in [6.45, 7) is 10.9. The fraction of sp³-hybridized carbons (Fsp3) is 0.355. The van der Waals surface area contributed by atoms with Gasteiger partial charge in [-0.15, -0.1) is 0 Å². The second-order valence-corrected chi connectivity index (χ2v) is 12.6. The van der Waals surface area contributed by atoms with Crippen LogP contribution in [0.15, 0.2) is 83.8 Å². The number of sulfonamides is 1. The fourth-order valence-corrected chi connectivity index (χ4v) is 5.78. The summed E-state index contributed by atoms with van der Waals surface area (Å²) in [5.41, 5.74) is 2.64. The topological polar surface area (TPSA) is 86.8 Å². The summed E-state index contributed by atoms with van der Waals surface area (Å²) in [4.78, 5) is 28.7. The summed E-state index contributed by atoms with van der Waals surface area (Å²) in [6, 6.07) is 22.4. The second kappa shape index (κ2) is 12.5. The lowest BCUT2D eigenvalue weighted by Gasteiger charge is -2.34. The van der Waals surface area contributed by atoms with Gasteiger partial charge in [0.05, 0.1) is 10.6 Å². The zero-order chi connectivity index (χ0) is 28.8. The highest BCUT2D eigenvalue weighted by molar-refractivity contribution is 7.92. The molecule has 0 aliphatic rings. The molecule has 3 aromatic carbocycles. The molecule has 0 aromatic heterocycles. The molecule has 1 atom stereocenters. The van der Waals surface area contributed by atoms with E-state index in [0.29, 0.717) is 12.1 Å². The van der Waals surface area contributed by atoms with Crippen molar-refractivity contribution in [3.05, 3.63) is 95.6 Å². The smallest absolute Gasteiger partial charge is 0.264 e. The summed E-state index contributed by atoms with van der Waals surface area (Å²) in [5.74, 6) is -0.754. The van der Waals surface area contributed by atoms with Gasteiger partial charge in [0.15, 0.2) is 0 Å². The van der Waals surface area contributed by atoms with E-state index in [1.807, 2.05) is 71.0 Å². The van der Waals surface area contributed by atoms with Crippen LogP contribution in [0, 0.1) is 13.8 Å². The zero-order valence-electron chi connectivity index (χ0n) is 23.6. The molecule has 0 aliphatic heterocycles. The third-order valence-corrected chi connectivity index (χ3v) is 8.38. The van der Waals surface area contributed by atoms with Gasteiger partial charge >= 0.3 is 0 Å². The Balaban J connectivity index is 2.01. The average Bonchev–Trinajstić information content (AvgIpc) is 2.89. The summed E-state index contributed by atoms with van der Waals surface area (Å²) in [5, 5.41) is 2.95. The van der Waals surface area contributed by atoms with Crippen molar-refractivity contribution in [2.45, 2.75) is 64.4 Å². The van der Waals surface area contributed by atoms with E-state index in [2.05, 4.69) is 5.32 Å². The number of nitrogens with zero attached hydrogens (tertiary/aromatic N) is 2. The maximum atomic E-state index is 14.0. The van der Waals surface area contributed by atoms with Crippen molar-refractivity contribution in [3.63, 3.8) is 0 Å². The maximum Gasteiger partial charge on any atom is 0.264 e. The van der Waals surface area contributed by atoms with E-state index in [1.165, 1.54) is 17.0 Å². The van der Waals surface area contributed by atoms with Gasteiger partial charge < -0.3 is 10.2 Å². The molecule has 0 fully saturated rings. The van der Waals surface area contributed by atoms with Gasteiger partial charge in [-0.2, -0.15) is 0 Å². The first-order valence-corrected chi connectivity index (χ1v) is 14.5. The lowest BCUT2D eigenvalue weighted by Crippen LogP contribution is -2.55. The number of aryl methyl sites for hydroxylation is 1. The Labute approximate surface area is 232 Å². The van der Waals surface area contributed by atoms with E-state index in [1.54, 1.807) is 37.3 Å². The Kier molecular flexibility index (Phi) is 9.56. The van der Waals surface area contributed by atoms with Crippen LogP contribution in [0.5, 0.6) is 0 Å². The first kappa shape index (κ1) is 29.9. The van der Waals surface area contributed by atoms with Gasteiger partial charge in [0.25, 0.3) is 10.0 Å². The number of carbonyl (C=O) groups excluding carboxylic acids is 2. The molecule has 39 heavy (non-hydrogen) atoms. The molecule has 7 nitrogen and oxygen atoms in total. The Hall–Kier alpha value is -3.65. The number of carbonyl (C=O) groups is 2. The van der Waals surface area contributed by atoms with E-state index >= 15 is 0 Å². The van der Waals surface area contributed by atoms with Crippen molar-refractivity contribution >= 4 is 27.5 Å². The lowest BCUT2D eigenvalue weighted by molar-refractivity contribution is -0.139. The number of rotatable bonds is 10. The summed E-state index contributed by atoms with van der Waals surface area (Å²) in [7, 11) is -4.08. The Bertz CT molecular complexity index is 1380. The molecular formula is C31H39N3O4S. The Morgan fingerprint density at radius 2 is 1.46 bits per heavy atom. The minimum atomic E-state index is -4.08. The van der Waals surface area contributed by atoms with Crippen LogP contribution in [0.25, 0.3) is 0 Å². The highest BCUT2D eigenvalue weighted by atomic mass is 32.2. The lowest BCUT2D eigenvalue weighted by atomic mass is 10.1. The van der Waals surface area contributed by atoms with Gasteiger partial charge in [-0.1, -0.05) is 60.7 Å². The number of amides is 2. The predicted octanol–water partition coefficient (Wildman–Crippen LogP) is 4.87. The second-order valence-electron chi connectivity index (χ2n) is 10.8. The van der Waals surface area contributed by atoms with Crippen LogP contribution < -0.4 is 9.62 Å². The molecule has 0 aliphatic carbocycles. The van der Waals surface area contributed by atoms with Gasteiger partial charge in [-0.05, 0) is 82.9 Å². The molecule has 1 N–H and O–H groups in total. The molecular weight excluding hydrogens is 510 g/mol. The molecule has 0 bridgehead atoms. The first-order chi connectivity index (χ1) is 18.3. The fourth-order valence-electron chi connectivity index (χ4n) is 4.28.